The Kier molecular flexibility index (Phi) is 4.29. The van der Waals surface area contributed by atoms with Crippen LogP contribution in [0.4, 0.5) is 5.69 Å². The maximum Gasteiger partial charge on any atom is 0.248 e. The molecule has 1 N–H and O–H groups in total. The zero-order valence-electron chi connectivity index (χ0n) is 14.9. The fourth-order valence-electron chi connectivity index (χ4n) is 3.24. The molecule has 0 saturated carbocycles. The molecule has 1 amide bonds. The van der Waals surface area contributed by atoms with E-state index >= 15 is 0 Å². The molecule has 0 unspecified atom stereocenters. The lowest BCUT2D eigenvalue weighted by Gasteiger charge is -2.16. The topological polar surface area (TPSA) is 63.2 Å². The predicted octanol–water partition coefficient (Wildman–Crippen LogP) is 3.78. The summed E-state index contributed by atoms with van der Waals surface area (Å²) in [4.78, 5) is 18.9. The number of nitrogens with one attached hydrogen (secondary N) is 1. The number of carbonyl (C=O) groups is 1. The molecule has 28 heavy (non-hydrogen) atoms. The summed E-state index contributed by atoms with van der Waals surface area (Å²) >= 11 is 1.66. The minimum absolute atomic E-state index is 0.185. The minimum atomic E-state index is -0.185. The molecule has 5 rings (SSSR count). The lowest BCUT2D eigenvalue weighted by atomic mass is 10.1. The number of nitrogens with zero attached hydrogens (tertiary/aromatic N) is 2. The van der Waals surface area contributed by atoms with Gasteiger partial charge >= 0.3 is 0 Å². The van der Waals surface area contributed by atoms with Crippen molar-refractivity contribution in [2.45, 2.75) is 0 Å². The SMILES string of the molecule is O=C(C=Cc1ccc2c(c1)OCO2)Nc1ccc(C2=CSC3=NCCN23)cc1. The van der Waals surface area contributed by atoms with Crippen LogP contribution in [0.3, 0.4) is 0 Å². The van der Waals surface area contributed by atoms with Gasteiger partial charge in [-0.2, -0.15) is 0 Å². The summed E-state index contributed by atoms with van der Waals surface area (Å²) in [6, 6.07) is 13.4. The number of rotatable bonds is 4. The van der Waals surface area contributed by atoms with Crippen molar-refractivity contribution in [1.82, 2.24) is 4.90 Å². The van der Waals surface area contributed by atoms with Gasteiger partial charge in [0.05, 0.1) is 12.2 Å². The highest BCUT2D eigenvalue weighted by Gasteiger charge is 2.26. The molecule has 140 valence electrons. The van der Waals surface area contributed by atoms with Crippen molar-refractivity contribution in [3.63, 3.8) is 0 Å². The van der Waals surface area contributed by atoms with E-state index in [2.05, 4.69) is 20.6 Å². The van der Waals surface area contributed by atoms with Gasteiger partial charge in [0.25, 0.3) is 0 Å². The zero-order valence-corrected chi connectivity index (χ0v) is 15.7. The Morgan fingerprint density at radius 1 is 1.14 bits per heavy atom. The van der Waals surface area contributed by atoms with Crippen LogP contribution in [0.25, 0.3) is 11.8 Å². The number of anilines is 1. The second-order valence-corrected chi connectivity index (χ2v) is 7.29. The number of thioether (sulfide) groups is 1. The monoisotopic (exact) mass is 391 g/mol. The number of amides is 1. The van der Waals surface area contributed by atoms with Gasteiger partial charge in [0.1, 0.15) is 0 Å². The van der Waals surface area contributed by atoms with Crippen molar-refractivity contribution in [3.8, 4) is 11.5 Å². The van der Waals surface area contributed by atoms with E-state index in [9.17, 15) is 4.79 Å². The fourth-order valence-corrected chi connectivity index (χ4v) is 4.21. The van der Waals surface area contributed by atoms with Crippen molar-refractivity contribution < 1.29 is 14.3 Å². The molecule has 0 bridgehead atoms. The highest BCUT2D eigenvalue weighted by Crippen LogP contribution is 2.35. The summed E-state index contributed by atoms with van der Waals surface area (Å²) in [7, 11) is 0. The summed E-state index contributed by atoms with van der Waals surface area (Å²) in [5, 5.41) is 6.08. The Balaban J connectivity index is 1.22. The first-order valence-corrected chi connectivity index (χ1v) is 9.82. The molecule has 0 atom stereocenters. The Morgan fingerprint density at radius 3 is 2.89 bits per heavy atom. The number of hydrogen-bond donors (Lipinski definition) is 1. The molecule has 0 aliphatic carbocycles. The molecule has 3 heterocycles. The van der Waals surface area contributed by atoms with Crippen molar-refractivity contribution >= 4 is 40.3 Å². The average Bonchev–Trinajstić information content (AvgIpc) is 3.43. The van der Waals surface area contributed by atoms with Gasteiger partial charge in [0.2, 0.25) is 12.7 Å². The van der Waals surface area contributed by atoms with Crippen LogP contribution in [-0.2, 0) is 4.79 Å². The fraction of sp³-hybridized carbons (Fsp3) is 0.143. The van der Waals surface area contributed by atoms with Crippen LogP contribution in [0, 0.1) is 0 Å². The number of hydrogen-bond acceptors (Lipinski definition) is 6. The second-order valence-electron chi connectivity index (χ2n) is 6.45. The molecule has 7 heteroatoms. The van der Waals surface area contributed by atoms with E-state index in [1.54, 1.807) is 17.8 Å². The molecule has 0 aromatic heterocycles. The molecule has 0 fully saturated rings. The highest BCUT2D eigenvalue weighted by molar-refractivity contribution is 8.16. The van der Waals surface area contributed by atoms with Crippen LogP contribution in [-0.4, -0.2) is 35.9 Å². The van der Waals surface area contributed by atoms with E-state index in [0.29, 0.717) is 5.75 Å². The van der Waals surface area contributed by atoms with E-state index in [0.717, 1.165) is 40.8 Å². The Labute approximate surface area is 166 Å². The minimum Gasteiger partial charge on any atom is -0.454 e. The third-order valence-corrected chi connectivity index (χ3v) is 5.54. The largest absolute Gasteiger partial charge is 0.454 e. The molecular formula is C21H17N3O3S. The van der Waals surface area contributed by atoms with E-state index in [1.165, 1.54) is 11.8 Å². The van der Waals surface area contributed by atoms with Crippen molar-refractivity contribution in [1.29, 1.82) is 0 Å². The van der Waals surface area contributed by atoms with Crippen LogP contribution < -0.4 is 14.8 Å². The molecule has 3 aliphatic rings. The summed E-state index contributed by atoms with van der Waals surface area (Å²) in [6.07, 6.45) is 3.26. The molecular weight excluding hydrogens is 374 g/mol. The Hall–Kier alpha value is -3.19. The average molecular weight is 391 g/mol. The number of amidine groups is 1. The van der Waals surface area contributed by atoms with Gasteiger partial charge in [-0.3, -0.25) is 9.79 Å². The first-order valence-electron chi connectivity index (χ1n) is 8.94. The van der Waals surface area contributed by atoms with Gasteiger partial charge in [-0.1, -0.05) is 30.0 Å². The zero-order chi connectivity index (χ0) is 18.9. The van der Waals surface area contributed by atoms with Gasteiger partial charge in [-0.15, -0.1) is 0 Å². The summed E-state index contributed by atoms with van der Waals surface area (Å²) < 4.78 is 10.6. The van der Waals surface area contributed by atoms with Crippen LogP contribution >= 0.6 is 11.8 Å². The molecule has 0 spiro atoms. The van der Waals surface area contributed by atoms with Gasteiger partial charge in [0, 0.05) is 23.7 Å². The third kappa shape index (κ3) is 3.25. The molecule has 0 saturated heterocycles. The number of carbonyl (C=O) groups excluding carboxylic acids is 1. The normalized spacial score (nSPS) is 16.9. The quantitative estimate of drug-likeness (QED) is 0.804. The van der Waals surface area contributed by atoms with Gasteiger partial charge in [0.15, 0.2) is 16.7 Å². The number of fused-ring (bicyclic) bond motifs is 2. The summed E-state index contributed by atoms with van der Waals surface area (Å²) in [5.41, 5.74) is 3.92. The van der Waals surface area contributed by atoms with E-state index in [1.807, 2.05) is 42.5 Å². The standard InChI is InChI=1S/C21H17N3O3S/c25-20(8-2-14-1-7-18-19(11-14)27-13-26-18)23-16-5-3-15(4-6-16)17-12-28-21-22-9-10-24(17)21/h1-8,11-12H,9-10,13H2,(H,23,25). The molecule has 6 nitrogen and oxygen atoms in total. The first kappa shape index (κ1) is 16.9. The van der Waals surface area contributed by atoms with E-state index < -0.39 is 0 Å². The van der Waals surface area contributed by atoms with Crippen LogP contribution in [0.1, 0.15) is 11.1 Å². The first-order chi connectivity index (χ1) is 13.8. The Morgan fingerprint density at radius 2 is 2.00 bits per heavy atom. The number of benzene rings is 2. The molecule has 0 radical (unpaired) electrons. The van der Waals surface area contributed by atoms with Crippen molar-refractivity contribution in [2.75, 3.05) is 25.2 Å². The van der Waals surface area contributed by atoms with Gasteiger partial charge < -0.3 is 19.7 Å². The predicted molar refractivity (Wildman–Crippen MR) is 111 cm³/mol. The van der Waals surface area contributed by atoms with Gasteiger partial charge in [-0.25, -0.2) is 0 Å². The smallest absolute Gasteiger partial charge is 0.248 e. The van der Waals surface area contributed by atoms with Crippen molar-refractivity contribution in [2.24, 2.45) is 4.99 Å². The molecule has 2 aromatic carbocycles. The number of aliphatic imine (C=N–C) groups is 1. The highest BCUT2D eigenvalue weighted by atomic mass is 32.2. The number of ether oxygens (including phenoxy) is 2. The van der Waals surface area contributed by atoms with Crippen LogP contribution in [0.5, 0.6) is 11.5 Å². The van der Waals surface area contributed by atoms with Crippen molar-refractivity contribution in [3.05, 3.63) is 65.1 Å². The lowest BCUT2D eigenvalue weighted by molar-refractivity contribution is -0.111. The maximum absolute atomic E-state index is 12.2. The summed E-state index contributed by atoms with van der Waals surface area (Å²) in [6.45, 7) is 2.02. The Bertz CT molecular complexity index is 1030. The maximum atomic E-state index is 12.2. The van der Waals surface area contributed by atoms with E-state index in [-0.39, 0.29) is 12.7 Å². The summed E-state index contributed by atoms with van der Waals surface area (Å²) in [5.74, 6) is 1.24. The van der Waals surface area contributed by atoms with Crippen LogP contribution in [0.2, 0.25) is 0 Å². The molecule has 2 aromatic rings. The van der Waals surface area contributed by atoms with E-state index in [4.69, 9.17) is 9.47 Å². The van der Waals surface area contributed by atoms with Gasteiger partial charge in [-0.05, 0) is 41.5 Å². The molecule has 3 aliphatic heterocycles. The second kappa shape index (κ2) is 7.09. The third-order valence-electron chi connectivity index (χ3n) is 4.64. The van der Waals surface area contributed by atoms with Crippen LogP contribution in [0.15, 0.2) is 58.9 Å². The lowest BCUT2D eigenvalue weighted by Crippen LogP contribution is -2.19.